The number of hydrogen-bond acceptors (Lipinski definition) is 2. The van der Waals surface area contributed by atoms with Gasteiger partial charge in [0, 0.05) is 10.9 Å². The molecule has 3 nitrogen and oxygen atoms in total. The molecule has 2 aliphatic rings. The predicted molar refractivity (Wildman–Crippen MR) is 66.3 cm³/mol. The number of benzene rings is 1. The molecule has 1 aromatic rings. The van der Waals surface area contributed by atoms with Crippen LogP contribution in [0.3, 0.4) is 0 Å². The Balaban J connectivity index is 1.96. The molecule has 1 heterocycles. The van der Waals surface area contributed by atoms with Crippen molar-refractivity contribution in [3.8, 4) is 5.75 Å². The van der Waals surface area contributed by atoms with E-state index < -0.39 is 11.4 Å². The van der Waals surface area contributed by atoms with E-state index in [0.717, 1.165) is 35.0 Å². The number of carboxylic acids is 1. The summed E-state index contributed by atoms with van der Waals surface area (Å²) in [7, 11) is 0. The fourth-order valence-corrected chi connectivity index (χ4v) is 3.01. The maximum absolute atomic E-state index is 11.2. The zero-order valence-electron chi connectivity index (χ0n) is 9.33. The third-order valence-electron chi connectivity index (χ3n) is 3.66. The smallest absolute Gasteiger partial charge is 0.309 e. The molecule has 17 heavy (non-hydrogen) atoms. The Morgan fingerprint density at radius 3 is 2.88 bits per heavy atom. The summed E-state index contributed by atoms with van der Waals surface area (Å²) in [4.78, 5) is 11.2. The molecule has 3 rings (SSSR count). The van der Waals surface area contributed by atoms with E-state index in [4.69, 9.17) is 4.74 Å². The molecule has 1 saturated carbocycles. The zero-order chi connectivity index (χ0) is 12.0. The molecule has 0 radical (unpaired) electrons. The second-order valence-electron chi connectivity index (χ2n) is 4.91. The normalized spacial score (nSPS) is 19.6. The summed E-state index contributed by atoms with van der Waals surface area (Å²) in [5.41, 5.74) is 1.70. The van der Waals surface area contributed by atoms with Gasteiger partial charge in [-0.1, -0.05) is 15.9 Å². The number of aliphatic carboxylic acids is 1. The lowest BCUT2D eigenvalue weighted by Crippen LogP contribution is -2.17. The Morgan fingerprint density at radius 1 is 1.47 bits per heavy atom. The number of carbonyl (C=O) groups is 1. The monoisotopic (exact) mass is 296 g/mol. The van der Waals surface area contributed by atoms with E-state index in [1.54, 1.807) is 0 Å². The van der Waals surface area contributed by atoms with E-state index in [2.05, 4.69) is 22.0 Å². The summed E-state index contributed by atoms with van der Waals surface area (Å²) in [5, 5.41) is 9.23. The summed E-state index contributed by atoms with van der Waals surface area (Å²) in [6.07, 6.45) is 3.07. The Morgan fingerprint density at radius 2 is 2.24 bits per heavy atom. The van der Waals surface area contributed by atoms with Crippen molar-refractivity contribution in [2.24, 2.45) is 5.41 Å². The summed E-state index contributed by atoms with van der Waals surface area (Å²) in [6, 6.07) is 4.05. The largest absolute Gasteiger partial charge is 0.493 e. The molecule has 1 N–H and O–H groups in total. The van der Waals surface area contributed by atoms with Gasteiger partial charge in [0.25, 0.3) is 0 Å². The fourth-order valence-electron chi connectivity index (χ4n) is 2.46. The first-order chi connectivity index (χ1) is 8.11. The van der Waals surface area contributed by atoms with Crippen molar-refractivity contribution in [3.05, 3.63) is 27.7 Å². The summed E-state index contributed by atoms with van der Waals surface area (Å²) < 4.78 is 6.64. The van der Waals surface area contributed by atoms with Gasteiger partial charge in [-0.05, 0) is 42.5 Å². The van der Waals surface area contributed by atoms with Crippen molar-refractivity contribution in [1.29, 1.82) is 0 Å². The van der Waals surface area contributed by atoms with Crippen LogP contribution in [-0.2, 0) is 17.6 Å². The lowest BCUT2D eigenvalue weighted by atomic mass is 9.94. The van der Waals surface area contributed by atoms with Crippen molar-refractivity contribution in [1.82, 2.24) is 0 Å². The van der Waals surface area contributed by atoms with Gasteiger partial charge in [-0.15, -0.1) is 0 Å². The van der Waals surface area contributed by atoms with Gasteiger partial charge in [0.15, 0.2) is 0 Å². The lowest BCUT2D eigenvalue weighted by molar-refractivity contribution is -0.143. The van der Waals surface area contributed by atoms with Crippen LogP contribution in [0.5, 0.6) is 5.75 Å². The highest BCUT2D eigenvalue weighted by Gasteiger charge is 2.50. The van der Waals surface area contributed by atoms with Crippen LogP contribution in [-0.4, -0.2) is 17.7 Å². The molecule has 1 fully saturated rings. The maximum Gasteiger partial charge on any atom is 0.309 e. The molecule has 1 aliphatic carbocycles. The number of rotatable bonds is 3. The molecule has 1 aromatic carbocycles. The molecule has 0 bridgehead atoms. The molecular formula is C13H13BrO3. The standard InChI is InChI=1S/C13H13BrO3/c14-10-5-8-1-4-17-11(8)9(6-10)7-13(2-3-13)12(15)16/h5-6H,1-4,7H2,(H,15,16). The number of carboxylic acid groups (broad SMARTS) is 1. The first-order valence-electron chi connectivity index (χ1n) is 5.78. The first-order valence-corrected chi connectivity index (χ1v) is 6.57. The topological polar surface area (TPSA) is 46.5 Å². The first kappa shape index (κ1) is 11.1. The number of fused-ring (bicyclic) bond motifs is 1. The van der Waals surface area contributed by atoms with Gasteiger partial charge in [-0.3, -0.25) is 4.79 Å². The van der Waals surface area contributed by atoms with E-state index in [1.807, 2.05) is 6.07 Å². The van der Waals surface area contributed by atoms with E-state index in [-0.39, 0.29) is 0 Å². The highest BCUT2D eigenvalue weighted by molar-refractivity contribution is 9.10. The molecule has 1 aliphatic heterocycles. The maximum atomic E-state index is 11.2. The second kappa shape index (κ2) is 3.73. The highest BCUT2D eigenvalue weighted by atomic mass is 79.9. The minimum absolute atomic E-state index is 0.527. The third-order valence-corrected chi connectivity index (χ3v) is 4.12. The van der Waals surface area contributed by atoms with Crippen molar-refractivity contribution < 1.29 is 14.6 Å². The average Bonchev–Trinajstić information content (AvgIpc) is 2.88. The van der Waals surface area contributed by atoms with Crippen molar-refractivity contribution in [3.63, 3.8) is 0 Å². The van der Waals surface area contributed by atoms with Crippen molar-refractivity contribution in [2.75, 3.05) is 6.61 Å². The van der Waals surface area contributed by atoms with Gasteiger partial charge < -0.3 is 9.84 Å². The molecule has 0 spiro atoms. The summed E-state index contributed by atoms with van der Waals surface area (Å²) >= 11 is 3.48. The van der Waals surface area contributed by atoms with Gasteiger partial charge in [0.1, 0.15) is 5.75 Å². The molecule has 0 saturated heterocycles. The van der Waals surface area contributed by atoms with Crippen LogP contribution in [0.15, 0.2) is 16.6 Å². The van der Waals surface area contributed by atoms with Crippen LogP contribution in [0.2, 0.25) is 0 Å². The Labute approximate surface area is 108 Å². The van der Waals surface area contributed by atoms with Gasteiger partial charge in [-0.25, -0.2) is 0 Å². The van der Waals surface area contributed by atoms with Gasteiger partial charge >= 0.3 is 5.97 Å². The number of hydrogen-bond donors (Lipinski definition) is 1. The quantitative estimate of drug-likeness (QED) is 0.933. The molecule has 0 atom stereocenters. The molecule has 0 unspecified atom stereocenters. The average molecular weight is 297 g/mol. The lowest BCUT2D eigenvalue weighted by Gasteiger charge is -2.13. The Hall–Kier alpha value is -1.03. The van der Waals surface area contributed by atoms with Crippen molar-refractivity contribution in [2.45, 2.75) is 25.7 Å². The fraction of sp³-hybridized carbons (Fsp3) is 0.462. The minimum Gasteiger partial charge on any atom is -0.493 e. The Kier molecular flexibility index (Phi) is 2.43. The van der Waals surface area contributed by atoms with Crippen LogP contribution >= 0.6 is 15.9 Å². The Bertz CT molecular complexity index is 492. The van der Waals surface area contributed by atoms with Crippen LogP contribution < -0.4 is 4.74 Å². The summed E-state index contributed by atoms with van der Waals surface area (Å²) in [5.74, 6) is 0.241. The van der Waals surface area contributed by atoms with Gasteiger partial charge in [-0.2, -0.15) is 0 Å². The molecular weight excluding hydrogens is 284 g/mol. The minimum atomic E-state index is -0.677. The van der Waals surface area contributed by atoms with Gasteiger partial charge in [0.2, 0.25) is 0 Å². The zero-order valence-corrected chi connectivity index (χ0v) is 10.9. The highest BCUT2D eigenvalue weighted by Crippen LogP contribution is 2.50. The predicted octanol–water partition coefficient (Wildman–Crippen LogP) is 2.79. The van der Waals surface area contributed by atoms with E-state index in [1.165, 1.54) is 5.56 Å². The molecule has 0 amide bonds. The molecule has 4 heteroatoms. The molecule has 90 valence electrons. The van der Waals surface area contributed by atoms with Crippen LogP contribution in [0, 0.1) is 5.41 Å². The van der Waals surface area contributed by atoms with E-state index in [9.17, 15) is 9.90 Å². The van der Waals surface area contributed by atoms with Crippen LogP contribution in [0.1, 0.15) is 24.0 Å². The van der Waals surface area contributed by atoms with Gasteiger partial charge in [0.05, 0.1) is 12.0 Å². The summed E-state index contributed by atoms with van der Waals surface area (Å²) in [6.45, 7) is 0.707. The van der Waals surface area contributed by atoms with E-state index in [0.29, 0.717) is 13.0 Å². The van der Waals surface area contributed by atoms with Crippen molar-refractivity contribution >= 4 is 21.9 Å². The van der Waals surface area contributed by atoms with Crippen LogP contribution in [0.25, 0.3) is 0 Å². The number of ether oxygens (including phenoxy) is 1. The molecule has 0 aromatic heterocycles. The number of halogens is 1. The second-order valence-corrected chi connectivity index (χ2v) is 5.83. The third kappa shape index (κ3) is 1.84. The SMILES string of the molecule is O=C(O)C1(Cc2cc(Br)cc3c2OCC3)CC1. The van der Waals surface area contributed by atoms with Crippen LogP contribution in [0.4, 0.5) is 0 Å². The van der Waals surface area contributed by atoms with E-state index >= 15 is 0 Å².